The molecule has 0 aliphatic heterocycles. The third kappa shape index (κ3) is 4.75. The lowest BCUT2D eigenvalue weighted by Gasteiger charge is -2.02. The van der Waals surface area contributed by atoms with E-state index in [1.165, 1.54) is 11.1 Å². The van der Waals surface area contributed by atoms with Crippen LogP contribution in [-0.2, 0) is 16.0 Å². The van der Waals surface area contributed by atoms with Crippen LogP contribution >= 0.6 is 0 Å². The number of carbonyl (C=O) groups excluding carboxylic acids is 1. The third-order valence-electron chi connectivity index (χ3n) is 2.36. The molecule has 0 radical (unpaired) electrons. The average Bonchev–Trinajstić information content (AvgIpc) is 2.23. The number of Topliss-reactive ketones (excluding diaryl/α,β-unsaturated/α-hetero) is 1. The zero-order valence-corrected chi connectivity index (χ0v) is 9.45. The standard InChI is InChI=1S/C13H18O2/c1-11-4-3-5-12(10-11)6-7-13(14)8-9-15-2/h3-5,10H,6-9H2,1-2H3. The van der Waals surface area contributed by atoms with Crippen LogP contribution in [0.15, 0.2) is 24.3 Å². The molecule has 82 valence electrons. The first-order valence-electron chi connectivity index (χ1n) is 5.28. The summed E-state index contributed by atoms with van der Waals surface area (Å²) in [6, 6.07) is 8.29. The van der Waals surface area contributed by atoms with E-state index in [1.54, 1.807) is 7.11 Å². The molecular weight excluding hydrogens is 188 g/mol. The molecule has 0 heterocycles. The molecule has 0 fully saturated rings. The first-order valence-corrected chi connectivity index (χ1v) is 5.28. The van der Waals surface area contributed by atoms with E-state index in [0.29, 0.717) is 19.4 Å². The van der Waals surface area contributed by atoms with Gasteiger partial charge in [-0.05, 0) is 18.9 Å². The molecule has 0 saturated heterocycles. The van der Waals surface area contributed by atoms with Crippen LogP contribution in [0.2, 0.25) is 0 Å². The normalized spacial score (nSPS) is 10.3. The molecule has 0 N–H and O–H groups in total. The maximum Gasteiger partial charge on any atom is 0.135 e. The summed E-state index contributed by atoms with van der Waals surface area (Å²) in [6.45, 7) is 2.60. The predicted octanol–water partition coefficient (Wildman–Crippen LogP) is 2.53. The second-order valence-electron chi connectivity index (χ2n) is 3.77. The topological polar surface area (TPSA) is 26.3 Å². The van der Waals surface area contributed by atoms with Crippen molar-refractivity contribution in [3.05, 3.63) is 35.4 Å². The van der Waals surface area contributed by atoms with Crippen molar-refractivity contribution in [3.8, 4) is 0 Å². The average molecular weight is 206 g/mol. The van der Waals surface area contributed by atoms with Gasteiger partial charge in [0.05, 0.1) is 6.61 Å². The molecule has 0 aromatic heterocycles. The van der Waals surface area contributed by atoms with E-state index < -0.39 is 0 Å². The smallest absolute Gasteiger partial charge is 0.135 e. The predicted molar refractivity (Wildman–Crippen MR) is 61.0 cm³/mol. The van der Waals surface area contributed by atoms with Gasteiger partial charge in [0.2, 0.25) is 0 Å². The Hall–Kier alpha value is -1.15. The number of carbonyl (C=O) groups is 1. The Morgan fingerprint density at radius 2 is 2.13 bits per heavy atom. The van der Waals surface area contributed by atoms with Crippen molar-refractivity contribution in [1.82, 2.24) is 0 Å². The second kappa shape index (κ2) is 6.36. The van der Waals surface area contributed by atoms with Crippen molar-refractivity contribution in [2.45, 2.75) is 26.2 Å². The summed E-state index contributed by atoms with van der Waals surface area (Å²) in [5, 5.41) is 0. The minimum absolute atomic E-state index is 0.276. The van der Waals surface area contributed by atoms with Crippen molar-refractivity contribution in [2.24, 2.45) is 0 Å². The van der Waals surface area contributed by atoms with Crippen LogP contribution in [0.5, 0.6) is 0 Å². The summed E-state index contributed by atoms with van der Waals surface area (Å²) in [5.74, 6) is 0.276. The van der Waals surface area contributed by atoms with Crippen molar-refractivity contribution in [3.63, 3.8) is 0 Å². The van der Waals surface area contributed by atoms with E-state index in [9.17, 15) is 4.79 Å². The summed E-state index contributed by atoms with van der Waals surface area (Å²) < 4.78 is 4.86. The van der Waals surface area contributed by atoms with Gasteiger partial charge in [-0.2, -0.15) is 0 Å². The fourth-order valence-electron chi connectivity index (χ4n) is 1.49. The monoisotopic (exact) mass is 206 g/mol. The van der Waals surface area contributed by atoms with E-state index in [1.807, 2.05) is 6.07 Å². The number of hydrogen-bond acceptors (Lipinski definition) is 2. The zero-order chi connectivity index (χ0) is 11.1. The quantitative estimate of drug-likeness (QED) is 0.715. The Balaban J connectivity index is 2.33. The molecule has 15 heavy (non-hydrogen) atoms. The largest absolute Gasteiger partial charge is 0.384 e. The molecule has 0 unspecified atom stereocenters. The van der Waals surface area contributed by atoms with Crippen molar-refractivity contribution < 1.29 is 9.53 Å². The molecule has 1 aromatic rings. The number of benzene rings is 1. The molecule has 2 heteroatoms. The van der Waals surface area contributed by atoms with Gasteiger partial charge < -0.3 is 4.74 Å². The van der Waals surface area contributed by atoms with Gasteiger partial charge in [0.1, 0.15) is 5.78 Å². The summed E-state index contributed by atoms with van der Waals surface area (Å²) >= 11 is 0. The highest BCUT2D eigenvalue weighted by Gasteiger charge is 2.02. The summed E-state index contributed by atoms with van der Waals surface area (Å²) in [7, 11) is 1.62. The lowest BCUT2D eigenvalue weighted by molar-refractivity contribution is -0.119. The van der Waals surface area contributed by atoms with Crippen LogP contribution in [0.25, 0.3) is 0 Å². The van der Waals surface area contributed by atoms with Gasteiger partial charge in [0.15, 0.2) is 0 Å². The second-order valence-corrected chi connectivity index (χ2v) is 3.77. The minimum atomic E-state index is 0.276. The number of ketones is 1. The SMILES string of the molecule is COCCC(=O)CCc1cccc(C)c1. The van der Waals surface area contributed by atoms with Crippen LogP contribution in [0.4, 0.5) is 0 Å². The lowest BCUT2D eigenvalue weighted by Crippen LogP contribution is -2.04. The third-order valence-corrected chi connectivity index (χ3v) is 2.36. The molecule has 0 aliphatic rings. The maximum absolute atomic E-state index is 11.4. The van der Waals surface area contributed by atoms with Gasteiger partial charge in [-0.3, -0.25) is 4.79 Å². The molecule has 1 rings (SSSR count). The highest BCUT2D eigenvalue weighted by atomic mass is 16.5. The van der Waals surface area contributed by atoms with Crippen molar-refractivity contribution in [1.29, 1.82) is 0 Å². The van der Waals surface area contributed by atoms with Gasteiger partial charge in [-0.15, -0.1) is 0 Å². The van der Waals surface area contributed by atoms with Gasteiger partial charge >= 0.3 is 0 Å². The molecule has 1 aromatic carbocycles. The van der Waals surface area contributed by atoms with Gasteiger partial charge in [-0.1, -0.05) is 29.8 Å². The van der Waals surface area contributed by atoms with Crippen molar-refractivity contribution in [2.75, 3.05) is 13.7 Å². The summed E-state index contributed by atoms with van der Waals surface area (Å²) in [6.07, 6.45) is 1.99. The number of ether oxygens (including phenoxy) is 1. The fraction of sp³-hybridized carbons (Fsp3) is 0.462. The molecule has 2 nitrogen and oxygen atoms in total. The molecule has 0 amide bonds. The van der Waals surface area contributed by atoms with Crippen LogP contribution in [0.1, 0.15) is 24.0 Å². The van der Waals surface area contributed by atoms with E-state index in [0.717, 1.165) is 6.42 Å². The molecule has 0 spiro atoms. The number of rotatable bonds is 6. The number of aryl methyl sites for hydroxylation is 2. The van der Waals surface area contributed by atoms with Gasteiger partial charge in [-0.25, -0.2) is 0 Å². The van der Waals surface area contributed by atoms with E-state index in [-0.39, 0.29) is 5.78 Å². The highest BCUT2D eigenvalue weighted by Crippen LogP contribution is 2.07. The lowest BCUT2D eigenvalue weighted by atomic mass is 10.0. The number of hydrogen-bond donors (Lipinski definition) is 0. The maximum atomic E-state index is 11.4. The van der Waals surface area contributed by atoms with Crippen molar-refractivity contribution >= 4 is 5.78 Å². The van der Waals surface area contributed by atoms with E-state index >= 15 is 0 Å². The van der Waals surface area contributed by atoms with Crippen LogP contribution in [-0.4, -0.2) is 19.5 Å². The Kier molecular flexibility index (Phi) is 5.05. The van der Waals surface area contributed by atoms with Crippen LogP contribution in [0.3, 0.4) is 0 Å². The first-order chi connectivity index (χ1) is 7.22. The molecular formula is C13H18O2. The zero-order valence-electron chi connectivity index (χ0n) is 9.45. The van der Waals surface area contributed by atoms with E-state index in [4.69, 9.17) is 4.74 Å². The van der Waals surface area contributed by atoms with Crippen LogP contribution in [0, 0.1) is 6.92 Å². The summed E-state index contributed by atoms with van der Waals surface area (Å²) in [4.78, 5) is 11.4. The summed E-state index contributed by atoms with van der Waals surface area (Å²) in [5.41, 5.74) is 2.48. The van der Waals surface area contributed by atoms with Gasteiger partial charge in [0, 0.05) is 20.0 Å². The first kappa shape index (κ1) is 11.9. The Morgan fingerprint density at radius 3 is 2.80 bits per heavy atom. The molecule has 0 atom stereocenters. The molecule has 0 saturated carbocycles. The highest BCUT2D eigenvalue weighted by molar-refractivity contribution is 5.78. The Morgan fingerprint density at radius 1 is 1.33 bits per heavy atom. The Labute approximate surface area is 91.3 Å². The minimum Gasteiger partial charge on any atom is -0.384 e. The molecule has 0 aliphatic carbocycles. The molecule has 0 bridgehead atoms. The van der Waals surface area contributed by atoms with E-state index in [2.05, 4.69) is 25.1 Å². The fourth-order valence-corrected chi connectivity index (χ4v) is 1.49. The Bertz CT molecular complexity index is 318. The number of methoxy groups -OCH3 is 1. The van der Waals surface area contributed by atoms with Gasteiger partial charge in [0.25, 0.3) is 0 Å². The van der Waals surface area contributed by atoms with Crippen LogP contribution < -0.4 is 0 Å².